The highest BCUT2D eigenvalue weighted by Gasteiger charge is 2.24. The van der Waals surface area contributed by atoms with Crippen LogP contribution in [0.25, 0.3) is 0 Å². The van der Waals surface area contributed by atoms with Crippen LogP contribution in [0, 0.1) is 0 Å². The molecule has 1 aliphatic heterocycles. The molecule has 8 nitrogen and oxygen atoms in total. The van der Waals surface area contributed by atoms with E-state index in [1.165, 1.54) is 16.4 Å². The zero-order chi connectivity index (χ0) is 20.2. The van der Waals surface area contributed by atoms with Gasteiger partial charge in [-0.25, -0.2) is 13.4 Å². The van der Waals surface area contributed by atoms with Crippen molar-refractivity contribution in [3.8, 4) is 0 Å². The van der Waals surface area contributed by atoms with E-state index >= 15 is 0 Å². The number of benzene rings is 1. The molecule has 27 heavy (non-hydrogen) atoms. The molecule has 9 heteroatoms. The molecule has 0 saturated heterocycles. The Balaban J connectivity index is 2.10. The van der Waals surface area contributed by atoms with Gasteiger partial charge in [0.05, 0.1) is 10.9 Å². The molecule has 2 amide bonds. The summed E-state index contributed by atoms with van der Waals surface area (Å²) in [4.78, 5) is 24.0. The van der Waals surface area contributed by atoms with Crippen molar-refractivity contribution in [2.45, 2.75) is 44.6 Å². The van der Waals surface area contributed by atoms with E-state index in [0.29, 0.717) is 25.2 Å². The van der Waals surface area contributed by atoms with Gasteiger partial charge in [-0.3, -0.25) is 9.59 Å². The minimum atomic E-state index is -3.51. The van der Waals surface area contributed by atoms with Crippen molar-refractivity contribution in [2.75, 3.05) is 20.1 Å². The molecular weight excluding hydrogens is 368 g/mol. The molecule has 0 fully saturated rings. The average Bonchev–Trinajstić information content (AvgIpc) is 2.64. The number of amides is 2. The lowest BCUT2D eigenvalue weighted by atomic mass is 10.1. The van der Waals surface area contributed by atoms with E-state index in [0.717, 1.165) is 5.56 Å². The zero-order valence-electron chi connectivity index (χ0n) is 16.1. The largest absolute Gasteiger partial charge is 0.344 e. The summed E-state index contributed by atoms with van der Waals surface area (Å²) in [5.41, 5.74) is 1.09. The number of nitrogens with one attached hydrogen (secondary N) is 1. The fourth-order valence-electron chi connectivity index (χ4n) is 2.84. The van der Waals surface area contributed by atoms with Crippen molar-refractivity contribution < 1.29 is 18.0 Å². The Labute approximate surface area is 160 Å². The lowest BCUT2D eigenvalue weighted by Crippen LogP contribution is -2.38. The molecule has 1 aromatic carbocycles. The van der Waals surface area contributed by atoms with Gasteiger partial charge in [0, 0.05) is 33.0 Å². The predicted molar refractivity (Wildman–Crippen MR) is 103 cm³/mol. The predicted octanol–water partition coefficient (Wildman–Crippen LogP) is 1.50. The van der Waals surface area contributed by atoms with Crippen molar-refractivity contribution in [3.63, 3.8) is 0 Å². The lowest BCUT2D eigenvalue weighted by molar-refractivity contribution is -0.130. The van der Waals surface area contributed by atoms with Crippen molar-refractivity contribution >= 4 is 27.5 Å². The summed E-state index contributed by atoms with van der Waals surface area (Å²) in [6.45, 7) is 6.22. The fraction of sp³-hybridized carbons (Fsp3) is 0.500. The molecule has 0 aromatic heterocycles. The van der Waals surface area contributed by atoms with E-state index in [1.807, 2.05) is 6.92 Å². The van der Waals surface area contributed by atoms with Crippen LogP contribution in [-0.4, -0.2) is 55.4 Å². The number of hydrazone groups is 1. The number of sulfonamides is 1. The van der Waals surface area contributed by atoms with Crippen LogP contribution in [0.4, 0.5) is 0 Å². The fourth-order valence-corrected chi connectivity index (χ4v) is 4.30. The van der Waals surface area contributed by atoms with E-state index in [1.54, 1.807) is 38.1 Å². The summed E-state index contributed by atoms with van der Waals surface area (Å²) in [6, 6.07) is 6.17. The van der Waals surface area contributed by atoms with Gasteiger partial charge in [0.15, 0.2) is 0 Å². The molecule has 0 unspecified atom stereocenters. The van der Waals surface area contributed by atoms with Gasteiger partial charge in [-0.15, -0.1) is 0 Å². The summed E-state index contributed by atoms with van der Waals surface area (Å²) in [6.07, 6.45) is 0.567. The molecule has 0 saturated carbocycles. The number of nitrogens with zero attached hydrogens (tertiary/aromatic N) is 3. The average molecular weight is 394 g/mol. The third-order valence-corrected chi connectivity index (χ3v) is 6.60. The maximum absolute atomic E-state index is 12.5. The molecule has 148 valence electrons. The van der Waals surface area contributed by atoms with Crippen LogP contribution in [0.3, 0.4) is 0 Å². The molecule has 0 aliphatic carbocycles. The van der Waals surface area contributed by atoms with Crippen LogP contribution in [0.1, 0.15) is 45.2 Å². The summed E-state index contributed by atoms with van der Waals surface area (Å²) >= 11 is 0. The van der Waals surface area contributed by atoms with Crippen molar-refractivity contribution in [1.29, 1.82) is 0 Å². The van der Waals surface area contributed by atoms with E-state index in [-0.39, 0.29) is 29.2 Å². The second-order valence-corrected chi connectivity index (χ2v) is 8.26. The molecule has 2 rings (SSSR count). The van der Waals surface area contributed by atoms with Gasteiger partial charge in [-0.05, 0) is 24.6 Å². The maximum Gasteiger partial charge on any atom is 0.267 e. The molecule has 1 atom stereocenters. The number of hydrogen-bond acceptors (Lipinski definition) is 5. The number of carbonyl (C=O) groups excluding carboxylic acids is 2. The van der Waals surface area contributed by atoms with Gasteiger partial charge >= 0.3 is 0 Å². The van der Waals surface area contributed by atoms with Crippen LogP contribution in [0.5, 0.6) is 0 Å². The standard InChI is InChI=1S/C18H26N4O4S/c1-5-22(6-2)27(25,26)15-9-7-14(8-10-15)13(3)19-18(24)16-11-12-17(23)21(4)20-16/h7-10,13H,5-6,11-12H2,1-4H3,(H,19,24)/t13-/m0/s1. The third-order valence-electron chi connectivity index (χ3n) is 4.54. The Morgan fingerprint density at radius 2 is 1.81 bits per heavy atom. The molecule has 1 aromatic rings. The molecule has 1 heterocycles. The van der Waals surface area contributed by atoms with E-state index in [2.05, 4.69) is 10.4 Å². The molecule has 1 N–H and O–H groups in total. The third kappa shape index (κ3) is 4.72. The van der Waals surface area contributed by atoms with Gasteiger partial charge in [-0.2, -0.15) is 9.41 Å². The first-order chi connectivity index (χ1) is 12.7. The van der Waals surface area contributed by atoms with Crippen LogP contribution in [0.2, 0.25) is 0 Å². The number of hydrogen-bond donors (Lipinski definition) is 1. The highest BCUT2D eigenvalue weighted by molar-refractivity contribution is 7.89. The Morgan fingerprint density at radius 3 is 2.33 bits per heavy atom. The van der Waals surface area contributed by atoms with Gasteiger partial charge < -0.3 is 5.32 Å². The van der Waals surface area contributed by atoms with Gasteiger partial charge in [0.1, 0.15) is 5.71 Å². The molecule has 1 aliphatic rings. The molecule has 0 spiro atoms. The van der Waals surface area contributed by atoms with Gasteiger partial charge in [0.2, 0.25) is 15.9 Å². The SMILES string of the molecule is CCN(CC)S(=O)(=O)c1ccc([C@H](C)NC(=O)C2=NN(C)C(=O)CC2)cc1. The topological polar surface area (TPSA) is 99.2 Å². The van der Waals surface area contributed by atoms with Crippen LogP contribution >= 0.6 is 0 Å². The van der Waals surface area contributed by atoms with Crippen LogP contribution < -0.4 is 5.32 Å². The summed E-state index contributed by atoms with van der Waals surface area (Å²) in [5, 5.41) is 8.01. The lowest BCUT2D eigenvalue weighted by Gasteiger charge is -2.21. The Hall–Kier alpha value is -2.26. The summed E-state index contributed by atoms with van der Waals surface area (Å²) in [7, 11) is -1.98. The van der Waals surface area contributed by atoms with E-state index < -0.39 is 10.0 Å². The highest BCUT2D eigenvalue weighted by atomic mass is 32.2. The first-order valence-electron chi connectivity index (χ1n) is 8.95. The van der Waals surface area contributed by atoms with Gasteiger partial charge in [-0.1, -0.05) is 26.0 Å². The Kier molecular flexibility index (Phi) is 6.72. The minimum Gasteiger partial charge on any atom is -0.344 e. The monoisotopic (exact) mass is 394 g/mol. The number of rotatable bonds is 7. The second-order valence-electron chi connectivity index (χ2n) is 6.32. The summed E-state index contributed by atoms with van der Waals surface area (Å²) < 4.78 is 26.4. The smallest absolute Gasteiger partial charge is 0.267 e. The maximum atomic E-state index is 12.5. The summed E-state index contributed by atoms with van der Waals surface area (Å²) in [5.74, 6) is -0.453. The normalized spacial score (nSPS) is 16.3. The Morgan fingerprint density at radius 1 is 1.22 bits per heavy atom. The van der Waals surface area contributed by atoms with Crippen molar-refractivity contribution in [3.05, 3.63) is 29.8 Å². The van der Waals surface area contributed by atoms with Crippen LogP contribution in [-0.2, 0) is 19.6 Å². The number of carbonyl (C=O) groups is 2. The van der Waals surface area contributed by atoms with E-state index in [4.69, 9.17) is 0 Å². The van der Waals surface area contributed by atoms with Crippen LogP contribution in [0.15, 0.2) is 34.3 Å². The second kappa shape index (κ2) is 8.62. The molecular formula is C18H26N4O4S. The quantitative estimate of drug-likeness (QED) is 0.757. The molecule has 0 bridgehead atoms. The first-order valence-corrected chi connectivity index (χ1v) is 10.4. The van der Waals surface area contributed by atoms with Crippen molar-refractivity contribution in [2.24, 2.45) is 5.10 Å². The van der Waals surface area contributed by atoms with Gasteiger partial charge in [0.25, 0.3) is 5.91 Å². The zero-order valence-corrected chi connectivity index (χ0v) is 16.9. The first kappa shape index (κ1) is 21.0. The Bertz CT molecular complexity index is 829. The highest BCUT2D eigenvalue weighted by Crippen LogP contribution is 2.19. The molecule has 0 radical (unpaired) electrons. The minimum absolute atomic E-state index is 0.121. The van der Waals surface area contributed by atoms with Crippen molar-refractivity contribution in [1.82, 2.24) is 14.6 Å². The van der Waals surface area contributed by atoms with E-state index in [9.17, 15) is 18.0 Å².